The molecule has 38 nitrogen and oxygen atoms in total. The monoisotopic (exact) mass is 2030 g/mol. The Morgan fingerprint density at radius 3 is 1.47 bits per heavy atom. The Morgan fingerprint density at radius 1 is 0.550 bits per heavy atom. The summed E-state index contributed by atoms with van der Waals surface area (Å²) in [5.41, 5.74) is 15.1. The van der Waals surface area contributed by atoms with Gasteiger partial charge in [-0.2, -0.15) is 24.7 Å². The molecule has 0 saturated carbocycles. The fraction of sp³-hybridized carbons (Fsp3) is 0.523. The third-order valence-corrected chi connectivity index (χ3v) is 24.3. The minimum absolute atomic E-state index is 0. The van der Waals surface area contributed by atoms with Crippen LogP contribution in [0, 0.1) is 20.2 Å². The number of anilines is 6. The summed E-state index contributed by atoms with van der Waals surface area (Å²) in [7, 11) is 4.65. The van der Waals surface area contributed by atoms with E-state index in [0.29, 0.717) is 64.2 Å². The number of hydrogen-bond acceptors (Lipinski definition) is 26. The molecule has 1 saturated heterocycles. The molecule has 1 amide bonds. The van der Waals surface area contributed by atoms with E-state index < -0.39 is 28.2 Å². The number of likely N-dealkylation sites (N-methyl/N-ethyl adjacent to an activating group) is 4. The number of carbonyl (C=O) groups excluding carboxylic acids is 3. The topological polar surface area (TPSA) is 407 Å². The quantitative estimate of drug-likeness (QED) is 0.0360. The number of aryl methyl sites for hydroxylation is 4. The molecule has 1 fully saturated rings. The van der Waals surface area contributed by atoms with Crippen molar-refractivity contribution in [3.05, 3.63) is 206 Å². The van der Waals surface area contributed by atoms with Crippen LogP contribution in [0.4, 0.5) is 46.3 Å². The van der Waals surface area contributed by atoms with Gasteiger partial charge >= 0.3 is 18.8 Å². The molecule has 43 heteroatoms. The summed E-state index contributed by atoms with van der Waals surface area (Å²) < 4.78 is 30.9. The number of halogens is 4. The average molecular weight is 2040 g/mol. The van der Waals surface area contributed by atoms with E-state index >= 15 is 0 Å². The molecule has 0 bridgehead atoms. The summed E-state index contributed by atoms with van der Waals surface area (Å²) >= 11 is 15.9. The van der Waals surface area contributed by atoms with Crippen molar-refractivity contribution in [3.63, 3.8) is 0 Å². The van der Waals surface area contributed by atoms with E-state index in [9.17, 15) is 44.2 Å². The standard InChI is InChI=1S/C20H30BN5O3.C17H16ClN3O2.C14H18BrN5O.C8H12N4O2.C8H14N4.C6H5Br2NO.C6H8N4O2.C2H4O.7CH4/c1-7-25-8-9-26-15(13-25)11-17(23-26)22-16-10-14(12-24(6)18(16)27)21-28-19(2,3)20(4,5)29-21;18-14-4-6-19-16(13(14)10-22)21-8-5-15-12(17(21)23)9-11-3-1-2-7-20(11)15;1-3-19-4-5-20-11(9-19)7-13(17-20)16-12-6-10(15)8-18(2)14(12)21;1-2-10-3-4-11-7(6-10)5-8(9-11)12(13)14;1-2-11-3-4-12-7(6-11)5-8(9)10-12;1-9-3-4(7)2-5(8)6(9)10;11-10(12)6-3-5-4-7-1-2-9(5)8-6;1-2-3;;;;;;;/h10-12H,7-9,13H2,1-6H3,(H,22,23);4,6,9-10H,1-3,5,7-8H2;6-8H,3-5,9H2,1-2H3,(H,16,17);5H,2-4,6H2,1H3;5H,2-4,6H2,1H3,(H2,9,10);2-3H,1H3;3,7H,1-2,4H2;2H,1H3;7*1H4. The zero-order chi connectivity index (χ0) is 89.6. The molecule has 0 unspecified atom stereocenters. The van der Waals surface area contributed by atoms with Gasteiger partial charge in [-0.25, -0.2) is 4.98 Å². The maximum absolute atomic E-state index is 12.9. The van der Waals surface area contributed by atoms with Crippen molar-refractivity contribution in [2.45, 2.75) is 223 Å². The van der Waals surface area contributed by atoms with Crippen LogP contribution in [0.3, 0.4) is 0 Å². The van der Waals surface area contributed by atoms with Crippen molar-refractivity contribution in [2.24, 2.45) is 21.1 Å². The van der Waals surface area contributed by atoms with Gasteiger partial charge in [0.05, 0.1) is 115 Å². The van der Waals surface area contributed by atoms with Gasteiger partial charge in [0.1, 0.15) is 29.3 Å². The van der Waals surface area contributed by atoms with Gasteiger partial charge in [0.15, 0.2) is 17.9 Å². The van der Waals surface area contributed by atoms with E-state index in [0.717, 1.165) is 192 Å². The number of aromatic nitrogens is 15. The van der Waals surface area contributed by atoms with Crippen LogP contribution in [-0.2, 0) is 120 Å². The maximum atomic E-state index is 12.9. The lowest BCUT2D eigenvalue weighted by Crippen LogP contribution is -2.41. The van der Waals surface area contributed by atoms with Crippen LogP contribution in [-0.4, -0.2) is 204 Å². The number of nitrogen functional groups attached to an aromatic ring is 1. The van der Waals surface area contributed by atoms with Gasteiger partial charge in [0.2, 0.25) is 0 Å². The molecule has 131 heavy (non-hydrogen) atoms. The molecule has 10 aromatic heterocycles. The smallest absolute Gasteiger partial charge is 0.399 e. The zero-order valence-corrected chi connectivity index (χ0v) is 77.3. The highest BCUT2D eigenvalue weighted by Gasteiger charge is 2.52. The lowest BCUT2D eigenvalue weighted by atomic mass is 9.80. The Labute approximate surface area is 799 Å². The Morgan fingerprint density at radius 2 is 0.992 bits per heavy atom. The molecule has 18 heterocycles. The highest BCUT2D eigenvalue weighted by molar-refractivity contribution is 9.11. The first-order chi connectivity index (χ1) is 59.1. The lowest BCUT2D eigenvalue weighted by molar-refractivity contribution is -0.390. The highest BCUT2D eigenvalue weighted by atomic mass is 79.9. The third-order valence-electron chi connectivity index (χ3n) is 22.5. The molecule has 5 N–H and O–H groups in total. The predicted octanol–water partition coefficient (Wildman–Crippen LogP) is 13.7. The van der Waals surface area contributed by atoms with Crippen LogP contribution in [0.5, 0.6) is 0 Å². The molecule has 0 spiro atoms. The van der Waals surface area contributed by atoms with Crippen LogP contribution < -0.4 is 48.7 Å². The number of fused-ring (bicyclic) bond motifs is 8. The maximum Gasteiger partial charge on any atom is 0.496 e. The van der Waals surface area contributed by atoms with Crippen molar-refractivity contribution in [1.82, 2.24) is 97.1 Å². The Kier molecular flexibility index (Phi) is 43.7. The first-order valence-electron chi connectivity index (χ1n) is 41.1. The van der Waals surface area contributed by atoms with Gasteiger partial charge in [-0.1, -0.05) is 91.3 Å². The van der Waals surface area contributed by atoms with Crippen LogP contribution in [0.1, 0.15) is 188 Å². The SMILES string of the molecule is C.C.C.C.C.C.C.CC=O.CCN1CCn2nc(N)cc2C1.CCN1CCn2nc(Nc3cc(B4OC(C)(C)C(C)(C)O4)cn(C)c3=O)cc2C1.CCN1CCn2nc(Nc3cc(Br)cn(C)c3=O)cc2C1.CCN1CCn2nc([N+](=O)[O-])cc2C1.Cn1cc(Br)cc(Br)c1=O.O=Cc1c(Cl)ccnc1N1CCc2c(cc3n2CCCC3)C1=O.O=[N+]([O-])c1cc2n(n1)CCNC2. The number of nitro groups is 2. The van der Waals surface area contributed by atoms with Gasteiger partial charge in [-0.3, -0.25) is 62.5 Å². The summed E-state index contributed by atoms with van der Waals surface area (Å²) in [5.74, 6) is 2.20. The molecule has 720 valence electrons. The van der Waals surface area contributed by atoms with E-state index in [1.54, 1.807) is 93.5 Å². The largest absolute Gasteiger partial charge is 0.496 e. The summed E-state index contributed by atoms with van der Waals surface area (Å²) in [6, 6.07) is 17.9. The van der Waals surface area contributed by atoms with Crippen molar-refractivity contribution in [3.8, 4) is 0 Å². The van der Waals surface area contributed by atoms with Crippen LogP contribution >= 0.6 is 59.4 Å². The van der Waals surface area contributed by atoms with Crippen LogP contribution in [0.25, 0.3) is 0 Å². The van der Waals surface area contributed by atoms with E-state index in [1.807, 2.05) is 66.0 Å². The first kappa shape index (κ1) is 113. The van der Waals surface area contributed by atoms with E-state index in [-0.39, 0.29) is 91.8 Å². The molecular weight excluding hydrogens is 1900 g/mol. The summed E-state index contributed by atoms with van der Waals surface area (Å²) in [5, 5.41) is 51.7. The van der Waals surface area contributed by atoms with E-state index in [1.165, 1.54) is 47.3 Å². The van der Waals surface area contributed by atoms with Crippen molar-refractivity contribution in [1.29, 1.82) is 0 Å². The molecule has 0 atom stereocenters. The number of hydrogen-bond donors (Lipinski definition) is 4. The molecule has 10 aromatic rings. The molecule has 18 rings (SSSR count). The number of nitrogens with one attached hydrogen (secondary N) is 3. The fourth-order valence-electron chi connectivity index (χ4n) is 15.0. The van der Waals surface area contributed by atoms with Crippen molar-refractivity contribution < 1.29 is 33.5 Å². The molecular formula is C88H135BBr3ClN26O12. The summed E-state index contributed by atoms with van der Waals surface area (Å²) in [6.45, 7) is 37.0. The Balaban J connectivity index is 0.000000324. The third kappa shape index (κ3) is 28.0. The van der Waals surface area contributed by atoms with Gasteiger partial charge in [0.25, 0.3) is 22.6 Å². The number of nitrogens with zero attached hydrogens (tertiary/aromatic N) is 22. The summed E-state index contributed by atoms with van der Waals surface area (Å²) in [6.07, 6.45) is 12.3. The molecule has 0 aromatic carbocycles. The summed E-state index contributed by atoms with van der Waals surface area (Å²) in [4.78, 5) is 104. The predicted molar refractivity (Wildman–Crippen MR) is 531 cm³/mol. The second kappa shape index (κ2) is 50.6. The van der Waals surface area contributed by atoms with Crippen LogP contribution in [0.2, 0.25) is 5.02 Å². The van der Waals surface area contributed by atoms with Crippen molar-refractivity contribution >= 4 is 137 Å². The van der Waals surface area contributed by atoms with Crippen molar-refractivity contribution in [2.75, 3.05) is 86.7 Å². The second-order valence-corrected chi connectivity index (χ2v) is 34.5. The highest BCUT2D eigenvalue weighted by Crippen LogP contribution is 2.37. The van der Waals surface area contributed by atoms with Gasteiger partial charge < -0.3 is 74.3 Å². The minimum Gasteiger partial charge on any atom is -0.399 e. The van der Waals surface area contributed by atoms with Gasteiger partial charge in [-0.15, -0.1) is 0 Å². The Bertz CT molecular complexity index is 5610. The molecule has 8 aliphatic rings. The normalized spacial score (nSPS) is 15.6. The number of nitrogens with two attached hydrogens (primary N) is 1. The van der Waals surface area contributed by atoms with E-state index in [2.05, 4.69) is 146 Å². The number of pyridine rings is 4. The fourth-order valence-corrected chi connectivity index (χ4v) is 17.1. The molecule has 8 aliphatic heterocycles. The Hall–Kier alpha value is -10.1. The van der Waals surface area contributed by atoms with Gasteiger partial charge in [0, 0.05) is 175 Å². The van der Waals surface area contributed by atoms with Gasteiger partial charge in [-0.05, 0) is 168 Å². The zero-order valence-electron chi connectivity index (χ0n) is 71.8. The minimum atomic E-state index is -0.527. The lowest BCUT2D eigenvalue weighted by Gasteiger charge is -2.32. The number of rotatable bonds is 13. The van der Waals surface area contributed by atoms with E-state index in [4.69, 9.17) is 31.4 Å². The molecule has 0 radical (unpaired) electrons. The second-order valence-electron chi connectivity index (χ2n) is 31.4. The average Bonchev–Trinajstić information content (AvgIpc) is 1.61. The number of carbonyl (C=O) groups is 3. The molecule has 0 aliphatic carbocycles. The van der Waals surface area contributed by atoms with Crippen LogP contribution in [0.15, 0.2) is 113 Å². The first-order valence-corrected chi connectivity index (χ1v) is 43.9. The number of amides is 1. The number of aldehydes is 2.